The van der Waals surface area contributed by atoms with Crippen molar-refractivity contribution in [3.63, 3.8) is 0 Å². The predicted molar refractivity (Wildman–Crippen MR) is 135 cm³/mol. The Bertz CT molecular complexity index is 1620. The number of hydrogen-bond donors (Lipinski definition) is 1. The van der Waals surface area contributed by atoms with Gasteiger partial charge in [-0.15, -0.1) is 0 Å². The van der Waals surface area contributed by atoms with E-state index in [2.05, 4.69) is 10.4 Å². The minimum Gasteiger partial charge on any atom is -0.448 e. The number of ether oxygens (including phenoxy) is 1. The van der Waals surface area contributed by atoms with Crippen molar-refractivity contribution < 1.29 is 14.3 Å². The molecule has 1 N–H and O–H groups in total. The molecule has 0 bridgehead atoms. The van der Waals surface area contributed by atoms with Gasteiger partial charge in [0.15, 0.2) is 11.8 Å². The smallest absolute Gasteiger partial charge is 0.360 e. The summed E-state index contributed by atoms with van der Waals surface area (Å²) in [5.41, 5.74) is 0.732. The number of nitrogens with zero attached hydrogens (tertiary/aromatic N) is 2. The molecule has 0 spiro atoms. The van der Waals surface area contributed by atoms with Crippen LogP contribution in [0.1, 0.15) is 17.4 Å². The summed E-state index contributed by atoms with van der Waals surface area (Å²) in [4.78, 5) is 39.0. The van der Waals surface area contributed by atoms with E-state index >= 15 is 0 Å². The molecule has 172 valence electrons. The number of nitrogens with one attached hydrogen (secondary N) is 1. The first-order valence-electron chi connectivity index (χ1n) is 11.1. The summed E-state index contributed by atoms with van der Waals surface area (Å²) in [6.45, 7) is 1.49. The molecule has 0 aliphatic carbocycles. The van der Waals surface area contributed by atoms with Crippen molar-refractivity contribution in [1.82, 2.24) is 9.78 Å². The lowest BCUT2D eigenvalue weighted by Gasteiger charge is -2.16. The largest absolute Gasteiger partial charge is 0.448 e. The Hall–Kier alpha value is -4.78. The molecule has 1 heterocycles. The van der Waals surface area contributed by atoms with Crippen molar-refractivity contribution in [3.8, 4) is 5.69 Å². The average Bonchev–Trinajstić information content (AvgIpc) is 2.89. The van der Waals surface area contributed by atoms with Gasteiger partial charge < -0.3 is 10.1 Å². The van der Waals surface area contributed by atoms with Gasteiger partial charge in [-0.05, 0) is 36.6 Å². The number of para-hydroxylation sites is 1. The van der Waals surface area contributed by atoms with Crippen molar-refractivity contribution in [2.75, 3.05) is 5.32 Å². The maximum atomic E-state index is 13.2. The van der Waals surface area contributed by atoms with E-state index in [4.69, 9.17) is 4.74 Å². The molecule has 7 nitrogen and oxygen atoms in total. The first-order valence-corrected chi connectivity index (χ1v) is 11.1. The third-order valence-electron chi connectivity index (χ3n) is 5.70. The van der Waals surface area contributed by atoms with Crippen LogP contribution in [-0.4, -0.2) is 27.8 Å². The Morgan fingerprint density at radius 3 is 2.20 bits per heavy atom. The van der Waals surface area contributed by atoms with Gasteiger partial charge in [0.2, 0.25) is 0 Å². The highest BCUT2D eigenvalue weighted by Gasteiger charge is 2.24. The van der Waals surface area contributed by atoms with Crippen LogP contribution in [0, 0.1) is 0 Å². The first kappa shape index (κ1) is 22.0. The fourth-order valence-electron chi connectivity index (χ4n) is 3.92. The monoisotopic (exact) mass is 463 g/mol. The quantitative estimate of drug-likeness (QED) is 0.381. The zero-order chi connectivity index (χ0) is 24.4. The van der Waals surface area contributed by atoms with Gasteiger partial charge in [-0.3, -0.25) is 9.59 Å². The number of hydrogen-bond acceptors (Lipinski definition) is 5. The highest BCUT2D eigenvalue weighted by Crippen LogP contribution is 2.23. The number of carbonyl (C=O) groups is 2. The van der Waals surface area contributed by atoms with Crippen molar-refractivity contribution in [1.29, 1.82) is 0 Å². The number of rotatable bonds is 5. The fraction of sp³-hybridized carbons (Fsp3) is 0.0714. The van der Waals surface area contributed by atoms with Crippen molar-refractivity contribution in [3.05, 3.63) is 113 Å². The molecule has 1 amide bonds. The van der Waals surface area contributed by atoms with E-state index in [1.807, 2.05) is 42.5 Å². The van der Waals surface area contributed by atoms with Crippen LogP contribution in [0.4, 0.5) is 5.69 Å². The number of anilines is 1. The molecular weight excluding hydrogens is 442 g/mol. The number of fused-ring (bicyclic) bond motifs is 2. The van der Waals surface area contributed by atoms with Crippen LogP contribution in [0.3, 0.4) is 0 Å². The molecule has 0 saturated heterocycles. The molecule has 0 aliphatic rings. The molecule has 0 saturated carbocycles. The van der Waals surface area contributed by atoms with Crippen molar-refractivity contribution in [2.45, 2.75) is 13.0 Å². The van der Waals surface area contributed by atoms with Gasteiger partial charge in [0.05, 0.1) is 11.1 Å². The Morgan fingerprint density at radius 1 is 0.800 bits per heavy atom. The third kappa shape index (κ3) is 4.27. The number of esters is 1. The fourth-order valence-corrected chi connectivity index (χ4v) is 3.92. The molecule has 0 fully saturated rings. The van der Waals surface area contributed by atoms with Crippen LogP contribution in [-0.2, 0) is 9.53 Å². The maximum Gasteiger partial charge on any atom is 0.360 e. The van der Waals surface area contributed by atoms with Gasteiger partial charge in [-0.1, -0.05) is 72.8 Å². The van der Waals surface area contributed by atoms with E-state index in [9.17, 15) is 14.4 Å². The molecule has 1 aromatic heterocycles. The molecule has 5 aromatic rings. The molecule has 7 heteroatoms. The molecule has 4 aromatic carbocycles. The SMILES string of the molecule is CC(OC(=O)c1nn(-c2ccccc2)c(=O)c2ccccc12)C(=O)Nc1cccc2ccccc12. The van der Waals surface area contributed by atoms with Crippen LogP contribution < -0.4 is 10.9 Å². The summed E-state index contributed by atoms with van der Waals surface area (Å²) in [5.74, 6) is -1.28. The minimum atomic E-state index is -1.10. The van der Waals surface area contributed by atoms with Gasteiger partial charge in [-0.2, -0.15) is 9.78 Å². The van der Waals surface area contributed by atoms with E-state index in [0.717, 1.165) is 10.8 Å². The summed E-state index contributed by atoms with van der Waals surface area (Å²) < 4.78 is 6.66. The summed E-state index contributed by atoms with van der Waals surface area (Å²) >= 11 is 0. The first-order chi connectivity index (χ1) is 17.0. The Morgan fingerprint density at radius 2 is 1.43 bits per heavy atom. The molecule has 35 heavy (non-hydrogen) atoms. The highest BCUT2D eigenvalue weighted by atomic mass is 16.5. The number of benzene rings is 4. The zero-order valence-corrected chi connectivity index (χ0v) is 18.8. The molecule has 1 atom stereocenters. The second-order valence-electron chi connectivity index (χ2n) is 8.01. The van der Waals surface area contributed by atoms with Crippen molar-refractivity contribution in [2.24, 2.45) is 0 Å². The predicted octanol–water partition coefficient (Wildman–Crippen LogP) is 4.72. The lowest BCUT2D eigenvalue weighted by atomic mass is 10.1. The lowest BCUT2D eigenvalue weighted by Crippen LogP contribution is -2.31. The summed E-state index contributed by atoms with van der Waals surface area (Å²) in [5, 5.41) is 9.68. The molecule has 1 unspecified atom stereocenters. The van der Waals surface area contributed by atoms with E-state index in [1.165, 1.54) is 11.6 Å². The van der Waals surface area contributed by atoms with Gasteiger partial charge in [0.25, 0.3) is 11.5 Å². The number of carbonyl (C=O) groups excluding carboxylic acids is 2. The van der Waals surface area contributed by atoms with Crippen molar-refractivity contribution >= 4 is 39.1 Å². The minimum absolute atomic E-state index is 0.0473. The zero-order valence-electron chi connectivity index (χ0n) is 18.8. The summed E-state index contributed by atoms with van der Waals surface area (Å²) in [6.07, 6.45) is -1.10. The summed E-state index contributed by atoms with van der Waals surface area (Å²) in [6, 6.07) is 28.8. The van der Waals surface area contributed by atoms with Gasteiger partial charge >= 0.3 is 5.97 Å². The number of aromatic nitrogens is 2. The normalized spacial score (nSPS) is 11.8. The van der Waals surface area contributed by atoms with Crippen LogP contribution in [0.2, 0.25) is 0 Å². The standard InChI is InChI=1S/C28H21N3O4/c1-18(26(32)29-24-17-9-11-19-10-5-6-14-21(19)24)35-28(34)25-22-15-7-8-16-23(22)27(33)31(30-25)20-12-3-2-4-13-20/h2-18H,1H3,(H,29,32). The van der Waals surface area contributed by atoms with Crippen LogP contribution in [0.25, 0.3) is 27.2 Å². The molecule has 5 rings (SSSR count). The van der Waals surface area contributed by atoms with Crippen LogP contribution >= 0.6 is 0 Å². The van der Waals surface area contributed by atoms with Crippen LogP contribution in [0.5, 0.6) is 0 Å². The van der Waals surface area contributed by atoms with Gasteiger partial charge in [0.1, 0.15) is 0 Å². The van der Waals surface area contributed by atoms with Gasteiger partial charge in [0, 0.05) is 16.5 Å². The average molecular weight is 463 g/mol. The van der Waals surface area contributed by atoms with E-state index in [0.29, 0.717) is 22.1 Å². The number of amides is 1. The topological polar surface area (TPSA) is 90.3 Å². The highest BCUT2D eigenvalue weighted by molar-refractivity contribution is 6.06. The second-order valence-corrected chi connectivity index (χ2v) is 8.01. The van der Waals surface area contributed by atoms with E-state index < -0.39 is 18.0 Å². The van der Waals surface area contributed by atoms with E-state index in [-0.39, 0.29) is 11.3 Å². The molecule has 0 aliphatic heterocycles. The second kappa shape index (κ2) is 9.23. The third-order valence-corrected chi connectivity index (χ3v) is 5.70. The van der Waals surface area contributed by atoms with Crippen LogP contribution in [0.15, 0.2) is 102 Å². The summed E-state index contributed by atoms with van der Waals surface area (Å²) in [7, 11) is 0. The lowest BCUT2D eigenvalue weighted by molar-refractivity contribution is -0.123. The Kier molecular flexibility index (Phi) is 5.81. The molecular formula is C28H21N3O4. The Labute approximate surface area is 200 Å². The molecule has 0 radical (unpaired) electrons. The van der Waals surface area contributed by atoms with Gasteiger partial charge in [-0.25, -0.2) is 4.79 Å². The van der Waals surface area contributed by atoms with E-state index in [1.54, 1.807) is 54.6 Å². The Balaban J connectivity index is 1.45. The maximum absolute atomic E-state index is 13.2.